The molecule has 1 amide bonds. The SMILES string of the molecule is C/C(=N/NC(=O)c1ccccc1)c1ccccc1OC(F)F. The normalized spacial score (nSPS) is 11.4. The molecule has 2 aromatic carbocycles. The highest BCUT2D eigenvalue weighted by atomic mass is 19.3. The number of hydrogen-bond acceptors (Lipinski definition) is 3. The summed E-state index contributed by atoms with van der Waals surface area (Å²) in [7, 11) is 0. The van der Waals surface area contributed by atoms with Crippen LogP contribution in [0.25, 0.3) is 0 Å². The molecule has 2 aromatic rings. The van der Waals surface area contributed by atoms with Crippen molar-refractivity contribution in [1.29, 1.82) is 0 Å². The third-order valence-corrected chi connectivity index (χ3v) is 2.85. The van der Waals surface area contributed by atoms with E-state index in [0.717, 1.165) is 0 Å². The second-order valence-corrected chi connectivity index (χ2v) is 4.38. The van der Waals surface area contributed by atoms with Crippen molar-refractivity contribution in [2.75, 3.05) is 0 Å². The van der Waals surface area contributed by atoms with Gasteiger partial charge in [0.15, 0.2) is 0 Å². The summed E-state index contributed by atoms with van der Waals surface area (Å²) < 4.78 is 29.2. The molecule has 0 fully saturated rings. The molecule has 0 saturated heterocycles. The highest BCUT2D eigenvalue weighted by Gasteiger charge is 2.11. The zero-order chi connectivity index (χ0) is 15.9. The fourth-order valence-corrected chi connectivity index (χ4v) is 1.81. The number of ether oxygens (including phenoxy) is 1. The van der Waals surface area contributed by atoms with E-state index in [4.69, 9.17) is 0 Å². The minimum Gasteiger partial charge on any atom is -0.434 e. The third kappa shape index (κ3) is 4.12. The first-order valence-corrected chi connectivity index (χ1v) is 6.52. The van der Waals surface area contributed by atoms with Gasteiger partial charge in [0.25, 0.3) is 5.91 Å². The minimum atomic E-state index is -2.92. The first kappa shape index (κ1) is 15.6. The maximum atomic E-state index is 12.4. The summed E-state index contributed by atoms with van der Waals surface area (Å²) in [6.45, 7) is -1.33. The molecule has 0 unspecified atom stereocenters. The van der Waals surface area contributed by atoms with Gasteiger partial charge in [-0.1, -0.05) is 30.3 Å². The fraction of sp³-hybridized carbons (Fsp3) is 0.125. The van der Waals surface area contributed by atoms with E-state index < -0.39 is 6.61 Å². The van der Waals surface area contributed by atoms with Crippen molar-refractivity contribution in [1.82, 2.24) is 5.43 Å². The largest absolute Gasteiger partial charge is 0.434 e. The summed E-state index contributed by atoms with van der Waals surface area (Å²) in [4.78, 5) is 11.9. The van der Waals surface area contributed by atoms with Gasteiger partial charge in [0.1, 0.15) is 5.75 Å². The zero-order valence-corrected chi connectivity index (χ0v) is 11.8. The van der Waals surface area contributed by atoms with Crippen LogP contribution in [0.4, 0.5) is 8.78 Å². The van der Waals surface area contributed by atoms with Crippen molar-refractivity contribution in [3.8, 4) is 5.75 Å². The van der Waals surface area contributed by atoms with Crippen LogP contribution in [0.1, 0.15) is 22.8 Å². The highest BCUT2D eigenvalue weighted by molar-refractivity contribution is 6.02. The maximum Gasteiger partial charge on any atom is 0.387 e. The van der Waals surface area contributed by atoms with E-state index in [-0.39, 0.29) is 11.7 Å². The van der Waals surface area contributed by atoms with Gasteiger partial charge >= 0.3 is 6.61 Å². The molecule has 6 heteroatoms. The molecule has 22 heavy (non-hydrogen) atoms. The summed E-state index contributed by atoms with van der Waals surface area (Å²) in [6.07, 6.45) is 0. The molecule has 0 aliphatic carbocycles. The average molecular weight is 304 g/mol. The summed E-state index contributed by atoms with van der Waals surface area (Å²) in [5.74, 6) is -0.375. The van der Waals surface area contributed by atoms with E-state index in [1.54, 1.807) is 55.5 Å². The lowest BCUT2D eigenvalue weighted by Crippen LogP contribution is -2.19. The third-order valence-electron chi connectivity index (χ3n) is 2.85. The van der Waals surface area contributed by atoms with E-state index in [2.05, 4.69) is 15.3 Å². The molecule has 0 spiro atoms. The van der Waals surface area contributed by atoms with Gasteiger partial charge < -0.3 is 4.74 Å². The first-order valence-electron chi connectivity index (χ1n) is 6.52. The summed E-state index contributed by atoms with van der Waals surface area (Å²) in [5.41, 5.74) is 3.59. The number of carbonyl (C=O) groups is 1. The lowest BCUT2D eigenvalue weighted by Gasteiger charge is -2.10. The molecule has 0 radical (unpaired) electrons. The average Bonchev–Trinajstić information content (AvgIpc) is 2.53. The fourth-order valence-electron chi connectivity index (χ4n) is 1.81. The molecule has 0 bridgehead atoms. The molecule has 1 N–H and O–H groups in total. The van der Waals surface area contributed by atoms with E-state index in [0.29, 0.717) is 16.8 Å². The summed E-state index contributed by atoms with van der Waals surface area (Å²) in [6, 6.07) is 14.8. The smallest absolute Gasteiger partial charge is 0.387 e. The zero-order valence-electron chi connectivity index (χ0n) is 11.8. The van der Waals surface area contributed by atoms with Crippen LogP contribution in [-0.4, -0.2) is 18.2 Å². The van der Waals surface area contributed by atoms with E-state index in [9.17, 15) is 13.6 Å². The van der Waals surface area contributed by atoms with Crippen molar-refractivity contribution in [2.45, 2.75) is 13.5 Å². The predicted molar refractivity (Wildman–Crippen MR) is 79.2 cm³/mol. The lowest BCUT2D eigenvalue weighted by atomic mass is 10.1. The van der Waals surface area contributed by atoms with Gasteiger partial charge in [-0.3, -0.25) is 4.79 Å². The van der Waals surface area contributed by atoms with Gasteiger partial charge in [0, 0.05) is 11.1 Å². The number of para-hydroxylation sites is 1. The Hall–Kier alpha value is -2.76. The van der Waals surface area contributed by atoms with Crippen LogP contribution in [0, 0.1) is 0 Å². The number of hydrogen-bond donors (Lipinski definition) is 1. The number of hydrazone groups is 1. The second kappa shape index (κ2) is 7.31. The molecule has 114 valence electrons. The molecule has 0 saturated carbocycles. The van der Waals surface area contributed by atoms with Crippen molar-refractivity contribution in [3.63, 3.8) is 0 Å². The molecule has 0 atom stereocenters. The Labute approximate surface area is 126 Å². The number of carbonyl (C=O) groups excluding carboxylic acids is 1. The highest BCUT2D eigenvalue weighted by Crippen LogP contribution is 2.20. The predicted octanol–water partition coefficient (Wildman–Crippen LogP) is 3.44. The minimum absolute atomic E-state index is 0.00714. The van der Waals surface area contributed by atoms with E-state index in [1.807, 2.05) is 0 Å². The number of benzene rings is 2. The molecule has 4 nitrogen and oxygen atoms in total. The monoisotopic (exact) mass is 304 g/mol. The van der Waals surface area contributed by atoms with Crippen molar-refractivity contribution in [3.05, 3.63) is 65.7 Å². The maximum absolute atomic E-state index is 12.4. The Morgan fingerprint density at radius 1 is 1.09 bits per heavy atom. The van der Waals surface area contributed by atoms with E-state index >= 15 is 0 Å². The number of amides is 1. The number of rotatable bonds is 5. The quantitative estimate of drug-likeness (QED) is 0.679. The van der Waals surface area contributed by atoms with Crippen LogP contribution in [-0.2, 0) is 0 Å². The Balaban J connectivity index is 2.14. The van der Waals surface area contributed by atoms with Gasteiger partial charge in [0.2, 0.25) is 0 Å². The van der Waals surface area contributed by atoms with Gasteiger partial charge in [-0.15, -0.1) is 0 Å². The van der Waals surface area contributed by atoms with Crippen LogP contribution in [0.3, 0.4) is 0 Å². The molecular formula is C16H14F2N2O2. The van der Waals surface area contributed by atoms with Gasteiger partial charge in [-0.25, -0.2) is 5.43 Å². The summed E-state index contributed by atoms with van der Waals surface area (Å²) >= 11 is 0. The first-order chi connectivity index (χ1) is 10.6. The van der Waals surface area contributed by atoms with Crippen molar-refractivity contribution in [2.24, 2.45) is 5.10 Å². The molecule has 0 heterocycles. The molecule has 0 aliphatic rings. The van der Waals surface area contributed by atoms with Crippen LogP contribution in [0.5, 0.6) is 5.75 Å². The van der Waals surface area contributed by atoms with E-state index in [1.165, 1.54) is 6.07 Å². The second-order valence-electron chi connectivity index (χ2n) is 4.38. The Kier molecular flexibility index (Phi) is 5.19. The number of nitrogens with zero attached hydrogens (tertiary/aromatic N) is 1. The van der Waals surface area contributed by atoms with Crippen molar-refractivity contribution < 1.29 is 18.3 Å². The standard InChI is InChI=1S/C16H14F2N2O2/c1-11(13-9-5-6-10-14(13)22-16(17)18)19-20-15(21)12-7-3-2-4-8-12/h2-10,16H,1H3,(H,20,21)/b19-11-. The molecule has 0 aromatic heterocycles. The topological polar surface area (TPSA) is 50.7 Å². The lowest BCUT2D eigenvalue weighted by molar-refractivity contribution is -0.0499. The number of halogens is 2. The molecular weight excluding hydrogens is 290 g/mol. The van der Waals surface area contributed by atoms with Crippen LogP contribution >= 0.6 is 0 Å². The molecule has 0 aliphatic heterocycles. The Morgan fingerprint density at radius 2 is 1.73 bits per heavy atom. The number of nitrogens with one attached hydrogen (secondary N) is 1. The van der Waals surface area contributed by atoms with Gasteiger partial charge in [-0.2, -0.15) is 13.9 Å². The Bertz CT molecular complexity index is 673. The van der Waals surface area contributed by atoms with Gasteiger partial charge in [0.05, 0.1) is 5.71 Å². The summed E-state index contributed by atoms with van der Waals surface area (Å²) in [5, 5.41) is 3.93. The number of alkyl halides is 2. The van der Waals surface area contributed by atoms with Crippen LogP contribution < -0.4 is 10.2 Å². The molecule has 2 rings (SSSR count). The van der Waals surface area contributed by atoms with Crippen molar-refractivity contribution >= 4 is 11.6 Å². The Morgan fingerprint density at radius 3 is 2.41 bits per heavy atom. The van der Waals surface area contributed by atoms with Crippen LogP contribution in [0.2, 0.25) is 0 Å². The van der Waals surface area contributed by atoms with Gasteiger partial charge in [-0.05, 0) is 31.2 Å². The van der Waals surface area contributed by atoms with Crippen LogP contribution in [0.15, 0.2) is 59.7 Å².